The summed E-state index contributed by atoms with van der Waals surface area (Å²) in [5.74, 6) is -0.634. The van der Waals surface area contributed by atoms with E-state index in [1.807, 2.05) is 0 Å². The lowest BCUT2D eigenvalue weighted by molar-refractivity contribution is -0.143. The van der Waals surface area contributed by atoms with Crippen molar-refractivity contribution in [2.24, 2.45) is 0 Å². The molecule has 0 fully saturated rings. The number of likely N-dealkylation sites (N-methyl/N-ethyl adjacent to an activating group) is 1. The van der Waals surface area contributed by atoms with E-state index < -0.39 is 40.4 Å². The first-order valence-electron chi connectivity index (χ1n) is 12.0. The van der Waals surface area contributed by atoms with Crippen molar-refractivity contribution in [1.29, 1.82) is 0 Å². The molecule has 0 atom stereocenters. The summed E-state index contributed by atoms with van der Waals surface area (Å²) in [6.45, 7) is 3.89. The molecular formula is C28H27F6N3O3. The molecule has 40 heavy (non-hydrogen) atoms. The SMILES string of the molecule is Cc1ccccc1-c1cc(N(C=O)CCO)ncc1N(C)C(=O)C(C)(C)c1cc(C(F)(F)F)cc(C(F)(F)F)c1. The topological polar surface area (TPSA) is 73.7 Å². The number of anilines is 2. The summed E-state index contributed by atoms with van der Waals surface area (Å²) < 4.78 is 81.0. The third kappa shape index (κ3) is 6.27. The van der Waals surface area contributed by atoms with Crippen LogP contribution in [0.25, 0.3) is 11.1 Å². The maximum Gasteiger partial charge on any atom is 0.416 e. The fraction of sp³-hybridized carbons (Fsp3) is 0.321. The average Bonchev–Trinajstić information content (AvgIpc) is 2.89. The molecule has 3 aromatic rings. The Labute approximate surface area is 226 Å². The monoisotopic (exact) mass is 567 g/mol. The number of rotatable bonds is 8. The Hall–Kier alpha value is -3.93. The number of carbonyl (C=O) groups is 2. The van der Waals surface area contributed by atoms with Crippen molar-refractivity contribution in [3.63, 3.8) is 0 Å². The van der Waals surface area contributed by atoms with Crippen molar-refractivity contribution in [2.45, 2.75) is 38.5 Å². The average molecular weight is 568 g/mol. The Balaban J connectivity index is 2.17. The highest BCUT2D eigenvalue weighted by molar-refractivity contribution is 6.03. The van der Waals surface area contributed by atoms with E-state index in [1.165, 1.54) is 33.2 Å². The summed E-state index contributed by atoms with van der Waals surface area (Å²) in [5, 5.41) is 9.29. The molecule has 0 unspecified atom stereocenters. The first kappa shape index (κ1) is 30.6. The quantitative estimate of drug-likeness (QED) is 0.268. The van der Waals surface area contributed by atoms with Crippen LogP contribution in [0, 0.1) is 6.92 Å². The van der Waals surface area contributed by atoms with E-state index >= 15 is 0 Å². The second kappa shape index (κ2) is 11.3. The lowest BCUT2D eigenvalue weighted by Gasteiger charge is -2.32. The van der Waals surface area contributed by atoms with Crippen molar-refractivity contribution in [2.75, 3.05) is 30.0 Å². The summed E-state index contributed by atoms with van der Waals surface area (Å²) in [6, 6.07) is 9.70. The summed E-state index contributed by atoms with van der Waals surface area (Å²) in [5.41, 5.74) is -3.28. The molecule has 0 aliphatic heterocycles. The van der Waals surface area contributed by atoms with Crippen LogP contribution in [-0.4, -0.2) is 42.6 Å². The van der Waals surface area contributed by atoms with E-state index in [-0.39, 0.29) is 30.7 Å². The molecule has 1 heterocycles. The van der Waals surface area contributed by atoms with Crippen LogP contribution >= 0.6 is 0 Å². The first-order valence-corrected chi connectivity index (χ1v) is 12.0. The minimum Gasteiger partial charge on any atom is -0.395 e. The van der Waals surface area contributed by atoms with Gasteiger partial charge >= 0.3 is 12.4 Å². The second-order valence-corrected chi connectivity index (χ2v) is 9.68. The van der Waals surface area contributed by atoms with Crippen LogP contribution in [0.4, 0.5) is 37.8 Å². The molecule has 6 nitrogen and oxygen atoms in total. The molecule has 0 saturated carbocycles. The van der Waals surface area contributed by atoms with Crippen LogP contribution in [-0.2, 0) is 27.4 Å². The number of aliphatic hydroxyl groups excluding tert-OH is 1. The summed E-state index contributed by atoms with van der Waals surface area (Å²) >= 11 is 0. The minimum absolute atomic E-state index is 0.0118. The number of hydrogen-bond acceptors (Lipinski definition) is 4. The highest BCUT2D eigenvalue weighted by Gasteiger charge is 2.41. The van der Waals surface area contributed by atoms with Crippen LogP contribution in [0.15, 0.2) is 54.7 Å². The number of benzene rings is 2. The first-order chi connectivity index (χ1) is 18.5. The van der Waals surface area contributed by atoms with Crippen LogP contribution in [0.1, 0.15) is 36.1 Å². The predicted octanol–water partition coefficient (Wildman–Crippen LogP) is 5.99. The zero-order chi connectivity index (χ0) is 30.0. The van der Waals surface area contributed by atoms with Gasteiger partial charge in [0.25, 0.3) is 0 Å². The second-order valence-electron chi connectivity index (χ2n) is 9.68. The van der Waals surface area contributed by atoms with Gasteiger partial charge in [0.05, 0.1) is 41.6 Å². The Bertz CT molecular complexity index is 1370. The Morgan fingerprint density at radius 1 is 0.925 bits per heavy atom. The Morgan fingerprint density at radius 2 is 1.48 bits per heavy atom. The van der Waals surface area contributed by atoms with Gasteiger partial charge in [-0.1, -0.05) is 24.3 Å². The number of aromatic nitrogens is 1. The highest BCUT2D eigenvalue weighted by atomic mass is 19.4. The number of halogens is 6. The van der Waals surface area contributed by atoms with Gasteiger partial charge in [0, 0.05) is 12.6 Å². The molecule has 214 valence electrons. The fourth-order valence-electron chi connectivity index (χ4n) is 4.25. The summed E-state index contributed by atoms with van der Waals surface area (Å²) in [7, 11) is 1.34. The van der Waals surface area contributed by atoms with Crippen molar-refractivity contribution in [3.8, 4) is 11.1 Å². The van der Waals surface area contributed by atoms with Crippen molar-refractivity contribution in [1.82, 2.24) is 4.98 Å². The molecular weight excluding hydrogens is 540 g/mol. The summed E-state index contributed by atoms with van der Waals surface area (Å²) in [4.78, 5) is 31.8. The molecule has 0 saturated heterocycles. The third-order valence-electron chi connectivity index (χ3n) is 6.58. The predicted molar refractivity (Wildman–Crippen MR) is 138 cm³/mol. The van der Waals surface area contributed by atoms with E-state index in [2.05, 4.69) is 4.98 Å². The van der Waals surface area contributed by atoms with Gasteiger partial charge in [-0.05, 0) is 61.7 Å². The standard InChI is InChI=1S/C28H27F6N3O3/c1-17-7-5-6-8-21(17)22-14-24(37(16-39)9-10-38)35-15-23(22)36(4)25(40)26(2,3)18-11-19(27(29,30)31)13-20(12-18)28(32,33)34/h5-8,11-16,38H,9-10H2,1-4H3. The maximum atomic E-state index is 13.8. The molecule has 0 aliphatic carbocycles. The minimum atomic E-state index is -5.07. The molecule has 1 N–H and O–H groups in total. The van der Waals surface area contributed by atoms with E-state index in [4.69, 9.17) is 0 Å². The highest BCUT2D eigenvalue weighted by Crippen LogP contribution is 2.41. The molecule has 1 aromatic heterocycles. The molecule has 0 bridgehead atoms. The Kier molecular flexibility index (Phi) is 8.63. The number of alkyl halides is 6. The van der Waals surface area contributed by atoms with Crippen LogP contribution < -0.4 is 9.80 Å². The maximum absolute atomic E-state index is 13.8. The summed E-state index contributed by atoms with van der Waals surface area (Å²) in [6.07, 6.45) is -8.38. The molecule has 2 amide bonds. The van der Waals surface area contributed by atoms with Crippen LogP contribution in [0.3, 0.4) is 0 Å². The number of carbonyl (C=O) groups excluding carboxylic acids is 2. The number of hydrogen-bond donors (Lipinski definition) is 1. The molecule has 0 aliphatic rings. The number of aryl methyl sites for hydroxylation is 1. The van der Waals surface area contributed by atoms with E-state index in [0.717, 1.165) is 15.4 Å². The molecule has 3 rings (SSSR count). The van der Waals surface area contributed by atoms with Crippen molar-refractivity contribution >= 4 is 23.8 Å². The van der Waals surface area contributed by atoms with Crippen molar-refractivity contribution in [3.05, 3.63) is 77.0 Å². The van der Waals surface area contributed by atoms with Gasteiger partial charge in [-0.25, -0.2) is 4.98 Å². The third-order valence-corrected chi connectivity index (χ3v) is 6.58. The van der Waals surface area contributed by atoms with Gasteiger partial charge in [0.2, 0.25) is 12.3 Å². The number of aliphatic hydroxyl groups is 1. The fourth-order valence-corrected chi connectivity index (χ4v) is 4.25. The normalized spacial score (nSPS) is 12.3. The van der Waals surface area contributed by atoms with E-state index in [9.17, 15) is 41.0 Å². The number of nitrogens with zero attached hydrogens (tertiary/aromatic N) is 3. The zero-order valence-corrected chi connectivity index (χ0v) is 22.1. The number of amides is 2. The van der Waals surface area contributed by atoms with E-state index in [0.29, 0.717) is 29.7 Å². The smallest absolute Gasteiger partial charge is 0.395 e. The Morgan fingerprint density at radius 3 is 1.98 bits per heavy atom. The molecule has 12 heteroatoms. The van der Waals surface area contributed by atoms with E-state index in [1.54, 1.807) is 31.2 Å². The zero-order valence-electron chi connectivity index (χ0n) is 22.1. The lowest BCUT2D eigenvalue weighted by Crippen LogP contribution is -2.42. The lowest BCUT2D eigenvalue weighted by atomic mass is 9.81. The van der Waals surface area contributed by atoms with Crippen molar-refractivity contribution < 1.29 is 41.0 Å². The van der Waals surface area contributed by atoms with Gasteiger partial charge in [-0.2, -0.15) is 26.3 Å². The largest absolute Gasteiger partial charge is 0.416 e. The molecule has 0 radical (unpaired) electrons. The van der Waals surface area contributed by atoms with Gasteiger partial charge in [0.1, 0.15) is 5.82 Å². The van der Waals surface area contributed by atoms with Gasteiger partial charge in [0.15, 0.2) is 0 Å². The van der Waals surface area contributed by atoms with Gasteiger partial charge < -0.3 is 10.0 Å². The number of pyridine rings is 1. The molecule has 0 spiro atoms. The van der Waals surface area contributed by atoms with Crippen LogP contribution in [0.2, 0.25) is 0 Å². The van der Waals surface area contributed by atoms with Gasteiger partial charge in [-0.3, -0.25) is 14.5 Å². The van der Waals surface area contributed by atoms with Crippen LogP contribution in [0.5, 0.6) is 0 Å². The van der Waals surface area contributed by atoms with Gasteiger partial charge in [-0.15, -0.1) is 0 Å². The molecule has 2 aromatic carbocycles.